The molecule has 0 radical (unpaired) electrons. The molecule has 1 aliphatic rings. The predicted octanol–water partition coefficient (Wildman–Crippen LogP) is 3.74. The Labute approximate surface area is 127 Å². The first-order chi connectivity index (χ1) is 10.6. The lowest BCUT2D eigenvalue weighted by atomic mass is 9.96. The molecule has 6 nitrogen and oxygen atoms in total. The van der Waals surface area contributed by atoms with E-state index in [1.807, 2.05) is 50.4 Å². The van der Waals surface area contributed by atoms with Crippen LogP contribution in [0, 0.1) is 0 Å². The predicted molar refractivity (Wildman–Crippen MR) is 82.5 cm³/mol. The van der Waals surface area contributed by atoms with Gasteiger partial charge in [0.15, 0.2) is 11.3 Å². The van der Waals surface area contributed by atoms with Gasteiger partial charge in [-0.15, -0.1) is 10.2 Å². The van der Waals surface area contributed by atoms with Crippen LogP contribution in [0.5, 0.6) is 5.88 Å². The van der Waals surface area contributed by atoms with Gasteiger partial charge < -0.3 is 4.74 Å². The normalized spacial score (nSPS) is 15.2. The summed E-state index contributed by atoms with van der Waals surface area (Å²) < 4.78 is 7.11. The quantitative estimate of drug-likeness (QED) is 0.723. The highest BCUT2D eigenvalue weighted by Crippen LogP contribution is 2.46. The third kappa shape index (κ3) is 1.73. The Morgan fingerprint density at radius 3 is 2.64 bits per heavy atom. The molecule has 0 saturated carbocycles. The summed E-state index contributed by atoms with van der Waals surface area (Å²) in [5.41, 5.74) is 3.86. The summed E-state index contributed by atoms with van der Waals surface area (Å²) in [5, 5.41) is 13.0. The molecule has 110 valence electrons. The van der Waals surface area contributed by atoms with Crippen molar-refractivity contribution >= 4 is 11.3 Å². The molecule has 0 saturated heterocycles. The second kappa shape index (κ2) is 4.37. The molecule has 0 bridgehead atoms. The first-order valence-corrected chi connectivity index (χ1v) is 7.06. The number of nitrogens with zero attached hydrogens (tertiary/aromatic N) is 5. The van der Waals surface area contributed by atoms with Crippen LogP contribution in [-0.2, 0) is 5.54 Å². The number of imidazole rings is 1. The summed E-state index contributed by atoms with van der Waals surface area (Å²) in [6.07, 6.45) is 1.90. The van der Waals surface area contributed by atoms with Crippen molar-refractivity contribution in [2.24, 2.45) is 10.2 Å². The smallest absolute Gasteiger partial charge is 0.260 e. The monoisotopic (exact) mass is 293 g/mol. The van der Waals surface area contributed by atoms with E-state index in [2.05, 4.69) is 15.3 Å². The number of azo groups is 1. The molecule has 3 aromatic rings. The number of methoxy groups -OCH3 is 1. The van der Waals surface area contributed by atoms with Crippen molar-refractivity contribution < 1.29 is 4.74 Å². The second-order valence-electron chi connectivity index (χ2n) is 5.75. The lowest BCUT2D eigenvalue weighted by Gasteiger charge is -2.14. The number of aromatic nitrogens is 3. The van der Waals surface area contributed by atoms with Crippen LogP contribution in [0.3, 0.4) is 0 Å². The minimum Gasteiger partial charge on any atom is -0.478 e. The molecule has 0 atom stereocenters. The third-order valence-electron chi connectivity index (χ3n) is 3.82. The van der Waals surface area contributed by atoms with Gasteiger partial charge >= 0.3 is 0 Å². The molecule has 6 heteroatoms. The minimum absolute atomic E-state index is 0.438. The maximum absolute atomic E-state index is 5.36. The topological polar surface area (TPSA) is 64.1 Å². The van der Waals surface area contributed by atoms with Crippen molar-refractivity contribution in [2.75, 3.05) is 7.11 Å². The third-order valence-corrected chi connectivity index (χ3v) is 3.82. The second-order valence-corrected chi connectivity index (χ2v) is 5.75. The zero-order valence-electron chi connectivity index (χ0n) is 12.6. The van der Waals surface area contributed by atoms with Gasteiger partial charge in [-0.1, -0.05) is 30.3 Å². The van der Waals surface area contributed by atoms with E-state index in [1.165, 1.54) is 0 Å². The summed E-state index contributed by atoms with van der Waals surface area (Å²) in [6.45, 7) is 4.03. The van der Waals surface area contributed by atoms with Crippen LogP contribution in [0.1, 0.15) is 19.4 Å². The summed E-state index contributed by atoms with van der Waals surface area (Å²) in [6, 6.07) is 10.0. The number of rotatable bonds is 2. The number of hydrogen-bond acceptors (Lipinski definition) is 5. The van der Waals surface area contributed by atoms with Crippen molar-refractivity contribution in [2.45, 2.75) is 19.4 Å². The SMILES string of the molecule is COc1nn2cc(-c3ccccc3)nc2c2c1N=NC2(C)C. The van der Waals surface area contributed by atoms with Crippen LogP contribution in [-0.4, -0.2) is 21.7 Å². The van der Waals surface area contributed by atoms with Crippen LogP contribution in [0.4, 0.5) is 5.69 Å². The van der Waals surface area contributed by atoms with E-state index in [-0.39, 0.29) is 0 Å². The average Bonchev–Trinajstić information content (AvgIpc) is 3.08. The molecule has 0 unspecified atom stereocenters. The lowest BCUT2D eigenvalue weighted by molar-refractivity contribution is 0.391. The Kier molecular flexibility index (Phi) is 2.57. The summed E-state index contributed by atoms with van der Waals surface area (Å²) in [5.74, 6) is 0.467. The van der Waals surface area contributed by atoms with E-state index in [0.717, 1.165) is 22.5 Å². The van der Waals surface area contributed by atoms with Gasteiger partial charge in [-0.3, -0.25) is 0 Å². The van der Waals surface area contributed by atoms with Crippen LogP contribution in [0.15, 0.2) is 46.8 Å². The largest absolute Gasteiger partial charge is 0.478 e. The Morgan fingerprint density at radius 1 is 1.14 bits per heavy atom. The summed E-state index contributed by atoms with van der Waals surface area (Å²) in [7, 11) is 1.59. The molecular weight excluding hydrogens is 278 g/mol. The minimum atomic E-state index is -0.438. The molecule has 3 heterocycles. The molecule has 2 aromatic heterocycles. The van der Waals surface area contributed by atoms with Crippen LogP contribution >= 0.6 is 0 Å². The highest BCUT2D eigenvalue weighted by molar-refractivity contribution is 5.73. The maximum Gasteiger partial charge on any atom is 0.260 e. The van der Waals surface area contributed by atoms with Crippen molar-refractivity contribution in [1.29, 1.82) is 0 Å². The van der Waals surface area contributed by atoms with Crippen LogP contribution in [0.25, 0.3) is 16.9 Å². The zero-order chi connectivity index (χ0) is 15.3. The average molecular weight is 293 g/mol. The Balaban J connectivity index is 2.02. The zero-order valence-corrected chi connectivity index (χ0v) is 12.6. The maximum atomic E-state index is 5.36. The molecule has 4 rings (SSSR count). The molecule has 0 amide bonds. The van der Waals surface area contributed by atoms with Crippen LogP contribution in [0.2, 0.25) is 0 Å². The molecule has 22 heavy (non-hydrogen) atoms. The van der Waals surface area contributed by atoms with Gasteiger partial charge in [-0.2, -0.15) is 5.11 Å². The van der Waals surface area contributed by atoms with Gasteiger partial charge in [0, 0.05) is 5.56 Å². The molecule has 0 aliphatic carbocycles. The first-order valence-electron chi connectivity index (χ1n) is 7.06. The van der Waals surface area contributed by atoms with Crippen molar-refractivity contribution in [3.8, 4) is 17.1 Å². The van der Waals surface area contributed by atoms with E-state index in [0.29, 0.717) is 11.6 Å². The fourth-order valence-corrected chi connectivity index (χ4v) is 2.74. The molecule has 0 N–H and O–H groups in total. The number of benzene rings is 1. The molecule has 1 aromatic carbocycles. The first kappa shape index (κ1) is 12.9. The van der Waals surface area contributed by atoms with E-state index in [4.69, 9.17) is 9.72 Å². The van der Waals surface area contributed by atoms with Gasteiger partial charge in [0.25, 0.3) is 5.88 Å². The van der Waals surface area contributed by atoms with Gasteiger partial charge in [0.1, 0.15) is 5.54 Å². The van der Waals surface area contributed by atoms with Gasteiger partial charge in [0.05, 0.1) is 24.6 Å². The molecule has 0 fully saturated rings. The number of hydrogen-bond donors (Lipinski definition) is 0. The van der Waals surface area contributed by atoms with Crippen LogP contribution < -0.4 is 4.74 Å². The fourth-order valence-electron chi connectivity index (χ4n) is 2.74. The van der Waals surface area contributed by atoms with Gasteiger partial charge in [0.2, 0.25) is 0 Å². The standard InChI is InChI=1S/C16H15N5O/c1-16(2)12-13(18-20-16)15(22-3)19-21-9-11(17-14(12)21)10-7-5-4-6-8-10/h4-9H,1-3H3. The fraction of sp³-hybridized carbons (Fsp3) is 0.250. The summed E-state index contributed by atoms with van der Waals surface area (Å²) in [4.78, 5) is 4.75. The van der Waals surface area contributed by atoms with Gasteiger partial charge in [-0.25, -0.2) is 9.50 Å². The highest BCUT2D eigenvalue weighted by Gasteiger charge is 2.35. The van der Waals surface area contributed by atoms with Gasteiger partial charge in [-0.05, 0) is 13.8 Å². The highest BCUT2D eigenvalue weighted by atomic mass is 16.5. The number of fused-ring (bicyclic) bond motifs is 3. The van der Waals surface area contributed by atoms with E-state index < -0.39 is 5.54 Å². The molecular formula is C16H15N5O. The summed E-state index contributed by atoms with van der Waals surface area (Å²) >= 11 is 0. The Hall–Kier alpha value is -2.76. The van der Waals surface area contributed by atoms with Crippen molar-refractivity contribution in [1.82, 2.24) is 14.6 Å². The number of ether oxygens (including phenoxy) is 1. The Bertz CT molecular complexity index is 896. The molecule has 0 spiro atoms. The van der Waals surface area contributed by atoms with Crippen molar-refractivity contribution in [3.05, 3.63) is 42.1 Å². The van der Waals surface area contributed by atoms with E-state index >= 15 is 0 Å². The lowest BCUT2D eigenvalue weighted by Crippen LogP contribution is -2.13. The molecule has 1 aliphatic heterocycles. The Morgan fingerprint density at radius 2 is 1.91 bits per heavy atom. The van der Waals surface area contributed by atoms with E-state index in [1.54, 1.807) is 11.6 Å². The van der Waals surface area contributed by atoms with Crippen molar-refractivity contribution in [3.63, 3.8) is 0 Å². The van der Waals surface area contributed by atoms with E-state index in [9.17, 15) is 0 Å².